The molecule has 34 heavy (non-hydrogen) atoms. The molecule has 0 unspecified atom stereocenters. The van der Waals surface area contributed by atoms with Crippen molar-refractivity contribution in [3.05, 3.63) is 117 Å². The monoisotopic (exact) mass is 506 g/mol. The van der Waals surface area contributed by atoms with Gasteiger partial charge in [0.2, 0.25) is 0 Å². The molecule has 6 heteroatoms. The molecule has 3 nitrogen and oxygen atoms in total. The fraction of sp³-hybridized carbons (Fsp3) is 0.107. The molecule has 0 amide bonds. The second kappa shape index (κ2) is 9.81. The summed E-state index contributed by atoms with van der Waals surface area (Å²) in [6.45, 7) is 2.92. The van der Waals surface area contributed by atoms with E-state index in [9.17, 15) is 0 Å². The van der Waals surface area contributed by atoms with Crippen LogP contribution < -0.4 is 0 Å². The largest absolute Gasteiger partial charge is 0.370 e. The lowest BCUT2D eigenvalue weighted by atomic mass is 10.1. The van der Waals surface area contributed by atoms with Crippen LogP contribution in [-0.4, -0.2) is 9.78 Å². The molecular formula is C28H21Cl3N2O. The topological polar surface area (TPSA) is 27.1 Å². The van der Waals surface area contributed by atoms with Crippen LogP contribution in [0, 0.1) is 6.92 Å². The summed E-state index contributed by atoms with van der Waals surface area (Å²) in [7, 11) is 0. The second-order valence-electron chi connectivity index (χ2n) is 8.11. The van der Waals surface area contributed by atoms with Gasteiger partial charge >= 0.3 is 0 Å². The number of aromatic nitrogens is 2. The average Bonchev–Trinajstić information content (AvgIpc) is 3.15. The Kier molecular flexibility index (Phi) is 6.62. The molecule has 0 aliphatic carbocycles. The lowest BCUT2D eigenvalue weighted by Gasteiger charge is -2.11. The van der Waals surface area contributed by atoms with Crippen molar-refractivity contribution in [3.63, 3.8) is 0 Å². The Balaban J connectivity index is 1.46. The van der Waals surface area contributed by atoms with Gasteiger partial charge in [-0.15, -0.1) is 0 Å². The van der Waals surface area contributed by atoms with Crippen molar-refractivity contribution in [1.82, 2.24) is 9.78 Å². The molecular weight excluding hydrogens is 487 g/mol. The fourth-order valence-electron chi connectivity index (χ4n) is 4.05. The van der Waals surface area contributed by atoms with E-state index >= 15 is 0 Å². The highest BCUT2D eigenvalue weighted by molar-refractivity contribution is 6.35. The molecule has 0 spiro atoms. The number of benzene rings is 4. The predicted octanol–water partition coefficient (Wildman–Crippen LogP) is 8.68. The van der Waals surface area contributed by atoms with Gasteiger partial charge in [0.05, 0.1) is 35.3 Å². The summed E-state index contributed by atoms with van der Waals surface area (Å²) >= 11 is 18.8. The van der Waals surface area contributed by atoms with E-state index in [-0.39, 0.29) is 0 Å². The highest BCUT2D eigenvalue weighted by Gasteiger charge is 2.19. The number of hydrogen-bond acceptors (Lipinski definition) is 2. The Hall–Kier alpha value is -2.82. The van der Waals surface area contributed by atoms with Crippen LogP contribution >= 0.6 is 34.8 Å². The zero-order valence-corrected chi connectivity index (χ0v) is 20.7. The SMILES string of the molecule is Cc1c(COCc2ccc3ccccc3c2)nn(-c2ccc(Cl)cc2Cl)c1-c1ccc(Cl)cc1. The Morgan fingerprint density at radius 3 is 2.26 bits per heavy atom. The van der Waals surface area contributed by atoms with Crippen LogP contribution in [0.2, 0.25) is 15.1 Å². The van der Waals surface area contributed by atoms with Gasteiger partial charge in [-0.25, -0.2) is 4.68 Å². The van der Waals surface area contributed by atoms with Crippen LogP contribution in [-0.2, 0) is 18.0 Å². The summed E-state index contributed by atoms with van der Waals surface area (Å²) in [5, 5.41) is 9.07. The van der Waals surface area contributed by atoms with E-state index in [0.717, 1.165) is 33.8 Å². The Labute approximate surface area is 213 Å². The summed E-state index contributed by atoms with van der Waals surface area (Å²) in [6.07, 6.45) is 0. The van der Waals surface area contributed by atoms with Gasteiger partial charge < -0.3 is 4.74 Å². The van der Waals surface area contributed by atoms with Crippen molar-refractivity contribution in [2.45, 2.75) is 20.1 Å². The van der Waals surface area contributed by atoms with E-state index in [1.807, 2.05) is 54.1 Å². The lowest BCUT2D eigenvalue weighted by Crippen LogP contribution is -2.01. The summed E-state index contributed by atoms with van der Waals surface area (Å²) in [5.74, 6) is 0. The molecule has 0 fully saturated rings. The van der Waals surface area contributed by atoms with Crippen LogP contribution in [0.3, 0.4) is 0 Å². The first-order chi connectivity index (χ1) is 16.5. The van der Waals surface area contributed by atoms with Gasteiger partial charge in [-0.2, -0.15) is 5.10 Å². The second-order valence-corrected chi connectivity index (χ2v) is 9.39. The highest BCUT2D eigenvalue weighted by atomic mass is 35.5. The Morgan fingerprint density at radius 1 is 0.765 bits per heavy atom. The molecule has 0 saturated carbocycles. The molecule has 0 N–H and O–H groups in total. The Morgan fingerprint density at radius 2 is 1.50 bits per heavy atom. The van der Waals surface area contributed by atoms with Crippen molar-refractivity contribution >= 4 is 45.6 Å². The normalized spacial score (nSPS) is 11.3. The summed E-state index contributed by atoms with van der Waals surface area (Å²) in [5.41, 5.74) is 5.66. The number of nitrogens with zero attached hydrogens (tertiary/aromatic N) is 2. The number of rotatable bonds is 6. The first kappa shape index (κ1) is 22.9. The van der Waals surface area contributed by atoms with Crippen LogP contribution in [0.5, 0.6) is 0 Å². The minimum Gasteiger partial charge on any atom is -0.370 e. The first-order valence-electron chi connectivity index (χ1n) is 10.8. The number of fused-ring (bicyclic) bond motifs is 1. The number of ether oxygens (including phenoxy) is 1. The molecule has 5 aromatic rings. The summed E-state index contributed by atoms with van der Waals surface area (Å²) in [6, 6.07) is 27.8. The molecule has 0 radical (unpaired) electrons. The quantitative estimate of drug-likeness (QED) is 0.230. The zero-order chi connectivity index (χ0) is 23.7. The van der Waals surface area contributed by atoms with Crippen LogP contribution in [0.4, 0.5) is 0 Å². The third-order valence-electron chi connectivity index (χ3n) is 5.80. The summed E-state index contributed by atoms with van der Waals surface area (Å²) in [4.78, 5) is 0. The van der Waals surface area contributed by atoms with Crippen molar-refractivity contribution in [2.24, 2.45) is 0 Å². The fourth-order valence-corrected chi connectivity index (χ4v) is 4.66. The molecule has 4 aromatic carbocycles. The van der Waals surface area contributed by atoms with Gasteiger partial charge in [-0.3, -0.25) is 0 Å². The molecule has 1 heterocycles. The number of halogens is 3. The van der Waals surface area contributed by atoms with Gasteiger partial charge in [0, 0.05) is 21.2 Å². The molecule has 0 saturated heterocycles. The van der Waals surface area contributed by atoms with Crippen molar-refractivity contribution in [2.75, 3.05) is 0 Å². The molecule has 0 bridgehead atoms. The van der Waals surface area contributed by atoms with Gasteiger partial charge in [0.1, 0.15) is 0 Å². The molecule has 5 rings (SSSR count). The van der Waals surface area contributed by atoms with E-state index < -0.39 is 0 Å². The maximum atomic E-state index is 6.54. The molecule has 170 valence electrons. The lowest BCUT2D eigenvalue weighted by molar-refractivity contribution is 0.104. The van der Waals surface area contributed by atoms with E-state index in [1.165, 1.54) is 10.8 Å². The van der Waals surface area contributed by atoms with Crippen LogP contribution in [0.1, 0.15) is 16.8 Å². The highest BCUT2D eigenvalue weighted by Crippen LogP contribution is 2.33. The maximum absolute atomic E-state index is 6.54. The molecule has 0 atom stereocenters. The van der Waals surface area contributed by atoms with E-state index in [1.54, 1.807) is 12.1 Å². The molecule has 1 aromatic heterocycles. The average molecular weight is 508 g/mol. The van der Waals surface area contributed by atoms with Crippen molar-refractivity contribution in [3.8, 4) is 16.9 Å². The van der Waals surface area contributed by atoms with Gasteiger partial charge in [0.15, 0.2) is 0 Å². The van der Waals surface area contributed by atoms with E-state index in [0.29, 0.717) is 28.3 Å². The van der Waals surface area contributed by atoms with Crippen LogP contribution in [0.15, 0.2) is 84.9 Å². The Bertz CT molecular complexity index is 1480. The van der Waals surface area contributed by atoms with Gasteiger partial charge in [0.25, 0.3) is 0 Å². The minimum atomic E-state index is 0.372. The maximum Gasteiger partial charge on any atom is 0.0922 e. The summed E-state index contributed by atoms with van der Waals surface area (Å²) < 4.78 is 7.95. The van der Waals surface area contributed by atoms with E-state index in [2.05, 4.69) is 30.3 Å². The predicted molar refractivity (Wildman–Crippen MR) is 141 cm³/mol. The first-order valence-corrected chi connectivity index (χ1v) is 12.0. The van der Waals surface area contributed by atoms with Crippen molar-refractivity contribution in [1.29, 1.82) is 0 Å². The smallest absolute Gasteiger partial charge is 0.0922 e. The zero-order valence-electron chi connectivity index (χ0n) is 18.4. The number of hydrogen-bond donors (Lipinski definition) is 0. The minimum absolute atomic E-state index is 0.372. The van der Waals surface area contributed by atoms with Gasteiger partial charge in [-0.05, 0) is 59.7 Å². The molecule has 0 aliphatic rings. The standard InChI is InChI=1S/C28H21Cl3N2O/c1-18-26(17-34-16-19-6-7-20-4-2-3-5-22(20)14-19)32-33(27-13-12-24(30)15-25(27)31)28(18)21-8-10-23(29)11-9-21/h2-15H,16-17H2,1H3. The molecule has 0 aliphatic heterocycles. The third-order valence-corrected chi connectivity index (χ3v) is 6.59. The van der Waals surface area contributed by atoms with Crippen molar-refractivity contribution < 1.29 is 4.74 Å². The third kappa shape index (κ3) is 4.70. The van der Waals surface area contributed by atoms with Crippen LogP contribution in [0.25, 0.3) is 27.7 Å². The van der Waals surface area contributed by atoms with Gasteiger partial charge in [-0.1, -0.05) is 83.3 Å². The van der Waals surface area contributed by atoms with E-state index in [4.69, 9.17) is 44.6 Å².